The van der Waals surface area contributed by atoms with Crippen LogP contribution in [0.15, 0.2) is 18.2 Å². The van der Waals surface area contributed by atoms with Crippen molar-refractivity contribution in [3.8, 4) is 0 Å². The number of benzene rings is 1. The molecule has 1 aromatic carbocycles. The van der Waals surface area contributed by atoms with Crippen LogP contribution in [0.4, 0.5) is 0 Å². The lowest BCUT2D eigenvalue weighted by molar-refractivity contribution is 0.141. The van der Waals surface area contributed by atoms with Gasteiger partial charge in [0.15, 0.2) is 0 Å². The molecule has 19 heavy (non-hydrogen) atoms. The van der Waals surface area contributed by atoms with E-state index in [1.165, 1.54) is 42.5 Å². The fourth-order valence-corrected chi connectivity index (χ4v) is 3.08. The van der Waals surface area contributed by atoms with E-state index in [0.29, 0.717) is 12.6 Å². The van der Waals surface area contributed by atoms with Crippen LogP contribution in [0.2, 0.25) is 0 Å². The number of nitrogens with zero attached hydrogens (tertiary/aromatic N) is 1. The third-order valence-corrected chi connectivity index (χ3v) is 4.58. The van der Waals surface area contributed by atoms with Crippen molar-refractivity contribution in [1.29, 1.82) is 0 Å². The molecule has 106 valence electrons. The standard InChI is InChI=1S/C17H28N2/c1-4-19(12-15-6-5-7-15)17(11-18)16-10-13(2)8-9-14(16)3/h8-10,15,17H,4-7,11-12,18H2,1-3H3. The molecule has 2 nitrogen and oxygen atoms in total. The highest BCUT2D eigenvalue weighted by molar-refractivity contribution is 5.33. The van der Waals surface area contributed by atoms with Crippen LogP contribution >= 0.6 is 0 Å². The molecule has 2 heteroatoms. The predicted octanol–water partition coefficient (Wildman–Crippen LogP) is 3.43. The summed E-state index contributed by atoms with van der Waals surface area (Å²) in [4.78, 5) is 2.58. The van der Waals surface area contributed by atoms with E-state index < -0.39 is 0 Å². The van der Waals surface area contributed by atoms with Gasteiger partial charge in [0.25, 0.3) is 0 Å². The maximum atomic E-state index is 6.09. The number of hydrogen-bond acceptors (Lipinski definition) is 2. The zero-order valence-electron chi connectivity index (χ0n) is 12.7. The van der Waals surface area contributed by atoms with Crippen LogP contribution in [0.1, 0.15) is 48.9 Å². The fourth-order valence-electron chi connectivity index (χ4n) is 3.08. The van der Waals surface area contributed by atoms with Crippen molar-refractivity contribution in [2.24, 2.45) is 11.7 Å². The van der Waals surface area contributed by atoms with Gasteiger partial charge in [0.05, 0.1) is 0 Å². The SMILES string of the molecule is CCN(CC1CCC1)C(CN)c1cc(C)ccc1C. The third-order valence-electron chi connectivity index (χ3n) is 4.58. The molecule has 0 saturated heterocycles. The molecule has 2 N–H and O–H groups in total. The molecule has 0 amide bonds. The Bertz CT molecular complexity index is 410. The molecule has 0 aliphatic heterocycles. The first-order valence-corrected chi connectivity index (χ1v) is 7.67. The number of aryl methyl sites for hydroxylation is 2. The average Bonchev–Trinajstić information content (AvgIpc) is 2.35. The van der Waals surface area contributed by atoms with E-state index in [1.54, 1.807) is 0 Å². The van der Waals surface area contributed by atoms with Crippen molar-refractivity contribution in [3.05, 3.63) is 34.9 Å². The molecular formula is C17H28N2. The first kappa shape index (κ1) is 14.5. The highest BCUT2D eigenvalue weighted by Crippen LogP contribution is 2.31. The highest BCUT2D eigenvalue weighted by Gasteiger charge is 2.25. The fraction of sp³-hybridized carbons (Fsp3) is 0.647. The van der Waals surface area contributed by atoms with E-state index in [9.17, 15) is 0 Å². The van der Waals surface area contributed by atoms with Gasteiger partial charge in [-0.05, 0) is 50.3 Å². The summed E-state index contributed by atoms with van der Waals surface area (Å²) in [6, 6.07) is 7.11. The minimum atomic E-state index is 0.380. The van der Waals surface area contributed by atoms with Gasteiger partial charge < -0.3 is 5.73 Å². The molecule has 1 aliphatic rings. The van der Waals surface area contributed by atoms with E-state index in [2.05, 4.69) is 43.9 Å². The van der Waals surface area contributed by atoms with Crippen LogP contribution in [0.3, 0.4) is 0 Å². The van der Waals surface area contributed by atoms with Crippen molar-refractivity contribution in [2.45, 2.75) is 46.1 Å². The summed E-state index contributed by atoms with van der Waals surface area (Å²) >= 11 is 0. The van der Waals surface area contributed by atoms with Gasteiger partial charge in [0, 0.05) is 19.1 Å². The van der Waals surface area contributed by atoms with Crippen LogP contribution in [0.25, 0.3) is 0 Å². The predicted molar refractivity (Wildman–Crippen MR) is 82.3 cm³/mol. The Morgan fingerprint density at radius 1 is 1.32 bits per heavy atom. The minimum absolute atomic E-state index is 0.380. The monoisotopic (exact) mass is 260 g/mol. The Morgan fingerprint density at radius 2 is 2.05 bits per heavy atom. The van der Waals surface area contributed by atoms with Gasteiger partial charge in [-0.3, -0.25) is 4.90 Å². The molecule has 0 spiro atoms. The Hall–Kier alpha value is -0.860. The van der Waals surface area contributed by atoms with Gasteiger partial charge in [0.1, 0.15) is 0 Å². The maximum Gasteiger partial charge on any atom is 0.0473 e. The van der Waals surface area contributed by atoms with E-state index in [1.807, 2.05) is 0 Å². The molecule has 1 fully saturated rings. The summed E-state index contributed by atoms with van der Waals surface area (Å²) in [5.41, 5.74) is 10.2. The topological polar surface area (TPSA) is 29.3 Å². The van der Waals surface area contributed by atoms with Crippen LogP contribution < -0.4 is 5.73 Å². The summed E-state index contributed by atoms with van der Waals surface area (Å²) in [5, 5.41) is 0. The highest BCUT2D eigenvalue weighted by atomic mass is 15.2. The van der Waals surface area contributed by atoms with E-state index >= 15 is 0 Å². The number of likely N-dealkylation sites (N-methyl/N-ethyl adjacent to an activating group) is 1. The lowest BCUT2D eigenvalue weighted by atomic mass is 9.84. The Labute approximate surface area is 118 Å². The Kier molecular flexibility index (Phi) is 5.00. The molecule has 2 rings (SSSR count). The van der Waals surface area contributed by atoms with Crippen molar-refractivity contribution in [1.82, 2.24) is 4.90 Å². The number of nitrogens with two attached hydrogens (primary N) is 1. The molecule has 0 bridgehead atoms. The van der Waals surface area contributed by atoms with Crippen LogP contribution in [-0.4, -0.2) is 24.5 Å². The lowest BCUT2D eigenvalue weighted by Gasteiger charge is -2.37. The molecule has 1 aliphatic carbocycles. The first-order chi connectivity index (χ1) is 9.15. The molecule has 0 aromatic heterocycles. The van der Waals surface area contributed by atoms with Gasteiger partial charge >= 0.3 is 0 Å². The second kappa shape index (κ2) is 6.53. The van der Waals surface area contributed by atoms with Crippen molar-refractivity contribution in [3.63, 3.8) is 0 Å². The average molecular weight is 260 g/mol. The van der Waals surface area contributed by atoms with Crippen molar-refractivity contribution < 1.29 is 0 Å². The minimum Gasteiger partial charge on any atom is -0.329 e. The summed E-state index contributed by atoms with van der Waals surface area (Å²) in [5.74, 6) is 0.902. The van der Waals surface area contributed by atoms with Gasteiger partial charge in [-0.15, -0.1) is 0 Å². The third kappa shape index (κ3) is 3.37. The summed E-state index contributed by atoms with van der Waals surface area (Å²) in [6.45, 7) is 9.64. The molecule has 1 saturated carbocycles. The second-order valence-electron chi connectivity index (χ2n) is 6.00. The molecule has 1 atom stereocenters. The molecule has 1 unspecified atom stereocenters. The molecule has 1 aromatic rings. The Balaban J connectivity index is 2.17. The van der Waals surface area contributed by atoms with Crippen LogP contribution in [0.5, 0.6) is 0 Å². The summed E-state index contributed by atoms with van der Waals surface area (Å²) in [6.07, 6.45) is 4.22. The van der Waals surface area contributed by atoms with Crippen LogP contribution in [0, 0.1) is 19.8 Å². The van der Waals surface area contributed by atoms with Crippen molar-refractivity contribution in [2.75, 3.05) is 19.6 Å². The summed E-state index contributed by atoms with van der Waals surface area (Å²) in [7, 11) is 0. The number of hydrogen-bond donors (Lipinski definition) is 1. The zero-order chi connectivity index (χ0) is 13.8. The van der Waals surface area contributed by atoms with E-state index in [4.69, 9.17) is 5.73 Å². The van der Waals surface area contributed by atoms with Gasteiger partial charge in [-0.2, -0.15) is 0 Å². The lowest BCUT2D eigenvalue weighted by Crippen LogP contribution is -2.39. The zero-order valence-corrected chi connectivity index (χ0v) is 12.7. The normalized spacial score (nSPS) is 17.5. The van der Waals surface area contributed by atoms with Crippen LogP contribution in [-0.2, 0) is 0 Å². The Morgan fingerprint density at radius 3 is 2.58 bits per heavy atom. The largest absolute Gasteiger partial charge is 0.329 e. The van der Waals surface area contributed by atoms with Gasteiger partial charge in [-0.1, -0.05) is 37.1 Å². The first-order valence-electron chi connectivity index (χ1n) is 7.67. The van der Waals surface area contributed by atoms with E-state index in [0.717, 1.165) is 12.5 Å². The quantitative estimate of drug-likeness (QED) is 0.849. The van der Waals surface area contributed by atoms with Gasteiger partial charge in [0.2, 0.25) is 0 Å². The summed E-state index contributed by atoms with van der Waals surface area (Å²) < 4.78 is 0. The molecule has 0 radical (unpaired) electrons. The van der Waals surface area contributed by atoms with Gasteiger partial charge in [-0.25, -0.2) is 0 Å². The van der Waals surface area contributed by atoms with E-state index in [-0.39, 0.29) is 0 Å². The smallest absolute Gasteiger partial charge is 0.0473 e. The number of rotatable bonds is 6. The molecular weight excluding hydrogens is 232 g/mol. The van der Waals surface area contributed by atoms with Crippen molar-refractivity contribution >= 4 is 0 Å². The second-order valence-corrected chi connectivity index (χ2v) is 6.00. The molecule has 0 heterocycles. The maximum absolute atomic E-state index is 6.09.